The summed E-state index contributed by atoms with van der Waals surface area (Å²) >= 11 is 6.33. The van der Waals surface area contributed by atoms with Crippen LogP contribution < -0.4 is 5.32 Å². The van der Waals surface area contributed by atoms with Crippen LogP contribution >= 0.6 is 11.6 Å². The van der Waals surface area contributed by atoms with Gasteiger partial charge in [-0.2, -0.15) is 0 Å². The van der Waals surface area contributed by atoms with Crippen LogP contribution in [-0.2, 0) is 0 Å². The van der Waals surface area contributed by atoms with Crippen molar-refractivity contribution in [1.82, 2.24) is 10.3 Å². The van der Waals surface area contributed by atoms with E-state index in [2.05, 4.69) is 12.2 Å². The van der Waals surface area contributed by atoms with Crippen molar-refractivity contribution in [3.63, 3.8) is 0 Å². The number of halogens is 1. The van der Waals surface area contributed by atoms with Gasteiger partial charge in [0.2, 0.25) is 0 Å². The molecule has 3 aromatic rings. The molecule has 0 saturated carbocycles. The van der Waals surface area contributed by atoms with Crippen molar-refractivity contribution in [2.75, 3.05) is 6.54 Å². The summed E-state index contributed by atoms with van der Waals surface area (Å²) in [5.41, 5.74) is 4.07. The van der Waals surface area contributed by atoms with E-state index in [4.69, 9.17) is 16.6 Å². The molecule has 0 unspecified atom stereocenters. The zero-order chi connectivity index (χ0) is 17.8. The molecule has 0 aliphatic heterocycles. The van der Waals surface area contributed by atoms with Crippen LogP contribution in [0.5, 0.6) is 0 Å². The van der Waals surface area contributed by atoms with Gasteiger partial charge in [-0.05, 0) is 37.6 Å². The van der Waals surface area contributed by atoms with E-state index in [1.807, 2.05) is 55.5 Å². The van der Waals surface area contributed by atoms with Crippen molar-refractivity contribution >= 4 is 28.4 Å². The summed E-state index contributed by atoms with van der Waals surface area (Å²) in [6, 6.07) is 15.4. The number of nitrogens with one attached hydrogen (secondary N) is 1. The average Bonchev–Trinajstić information content (AvgIpc) is 2.61. The van der Waals surface area contributed by atoms with Crippen LogP contribution in [-0.4, -0.2) is 17.4 Å². The number of fused-ring (bicyclic) bond motifs is 1. The van der Waals surface area contributed by atoms with Crippen LogP contribution in [0.3, 0.4) is 0 Å². The van der Waals surface area contributed by atoms with Gasteiger partial charge in [0.05, 0.1) is 16.8 Å². The van der Waals surface area contributed by atoms with Gasteiger partial charge >= 0.3 is 0 Å². The molecule has 4 heteroatoms. The number of unbranched alkanes of at least 4 members (excludes halogenated alkanes) is 1. The molecule has 0 spiro atoms. The molecular weight excluding hydrogens is 332 g/mol. The maximum atomic E-state index is 12.7. The number of carbonyl (C=O) groups excluding carboxylic acids is 1. The van der Waals surface area contributed by atoms with Crippen LogP contribution in [0.25, 0.3) is 22.2 Å². The van der Waals surface area contributed by atoms with Crippen LogP contribution in [0.2, 0.25) is 5.02 Å². The van der Waals surface area contributed by atoms with Gasteiger partial charge < -0.3 is 5.32 Å². The maximum absolute atomic E-state index is 12.7. The summed E-state index contributed by atoms with van der Waals surface area (Å²) in [6.45, 7) is 4.79. The first-order valence-electron chi connectivity index (χ1n) is 8.54. The first kappa shape index (κ1) is 17.4. The predicted molar refractivity (Wildman–Crippen MR) is 104 cm³/mol. The van der Waals surface area contributed by atoms with Gasteiger partial charge in [-0.15, -0.1) is 0 Å². The van der Waals surface area contributed by atoms with Gasteiger partial charge in [0.15, 0.2) is 0 Å². The average molecular weight is 353 g/mol. The highest BCUT2D eigenvalue weighted by Crippen LogP contribution is 2.30. The highest BCUT2D eigenvalue weighted by molar-refractivity contribution is 6.33. The van der Waals surface area contributed by atoms with Crippen molar-refractivity contribution in [1.29, 1.82) is 0 Å². The minimum atomic E-state index is -0.0697. The van der Waals surface area contributed by atoms with Gasteiger partial charge in [0, 0.05) is 22.5 Å². The maximum Gasteiger partial charge on any atom is 0.252 e. The molecule has 0 fully saturated rings. The lowest BCUT2D eigenvalue weighted by molar-refractivity contribution is 0.0955. The molecule has 1 aromatic heterocycles. The number of hydrogen-bond acceptors (Lipinski definition) is 2. The fourth-order valence-corrected chi connectivity index (χ4v) is 3.04. The van der Waals surface area contributed by atoms with Crippen molar-refractivity contribution in [2.45, 2.75) is 26.7 Å². The third-order valence-electron chi connectivity index (χ3n) is 4.17. The number of hydrogen-bond donors (Lipinski definition) is 1. The summed E-state index contributed by atoms with van der Waals surface area (Å²) in [7, 11) is 0. The van der Waals surface area contributed by atoms with Gasteiger partial charge in [-0.3, -0.25) is 4.79 Å². The van der Waals surface area contributed by atoms with Crippen molar-refractivity contribution in [2.24, 2.45) is 0 Å². The second kappa shape index (κ2) is 7.66. The monoisotopic (exact) mass is 352 g/mol. The summed E-state index contributed by atoms with van der Waals surface area (Å²) in [5, 5.41) is 4.49. The zero-order valence-corrected chi connectivity index (χ0v) is 15.2. The standard InChI is InChI=1S/C21H21ClN2O/c1-3-4-11-23-21(25)17-13-20(15-7-5-6-8-18(15)22)24-19-10-9-14(2)12-16(17)19/h5-10,12-13H,3-4,11H2,1-2H3,(H,23,25). The summed E-state index contributed by atoms with van der Waals surface area (Å²) in [5.74, 6) is -0.0697. The van der Waals surface area contributed by atoms with Gasteiger partial charge in [-0.1, -0.05) is 54.8 Å². The van der Waals surface area contributed by atoms with Gasteiger partial charge in [0.25, 0.3) is 5.91 Å². The Hall–Kier alpha value is -2.39. The van der Waals surface area contributed by atoms with Crippen LogP contribution in [0.15, 0.2) is 48.5 Å². The molecule has 1 heterocycles. The Morgan fingerprint density at radius 3 is 2.72 bits per heavy atom. The van der Waals surface area contributed by atoms with E-state index >= 15 is 0 Å². The Kier molecular flexibility index (Phi) is 5.34. The minimum Gasteiger partial charge on any atom is -0.352 e. The van der Waals surface area contributed by atoms with Crippen LogP contribution in [0.1, 0.15) is 35.7 Å². The Bertz CT molecular complexity index is 921. The lowest BCUT2D eigenvalue weighted by atomic mass is 10.0. The van der Waals surface area contributed by atoms with Crippen molar-refractivity contribution in [3.8, 4) is 11.3 Å². The zero-order valence-electron chi connectivity index (χ0n) is 14.5. The topological polar surface area (TPSA) is 42.0 Å². The van der Waals surface area contributed by atoms with E-state index in [-0.39, 0.29) is 5.91 Å². The van der Waals surface area contributed by atoms with Crippen molar-refractivity contribution in [3.05, 3.63) is 64.7 Å². The van der Waals surface area contributed by atoms with Crippen LogP contribution in [0, 0.1) is 6.92 Å². The Morgan fingerprint density at radius 1 is 1.16 bits per heavy atom. The number of aromatic nitrogens is 1. The predicted octanol–water partition coefficient (Wildman–Crippen LogP) is 5.39. The molecule has 1 N–H and O–H groups in total. The normalized spacial score (nSPS) is 10.8. The first-order chi connectivity index (χ1) is 12.1. The molecule has 0 aliphatic carbocycles. The second-order valence-corrected chi connectivity index (χ2v) is 6.57. The molecule has 0 bridgehead atoms. The lowest BCUT2D eigenvalue weighted by Gasteiger charge is -2.12. The summed E-state index contributed by atoms with van der Waals surface area (Å²) < 4.78 is 0. The van der Waals surface area contributed by atoms with E-state index in [0.29, 0.717) is 22.8 Å². The van der Waals surface area contributed by atoms with E-state index in [9.17, 15) is 4.79 Å². The first-order valence-corrected chi connectivity index (χ1v) is 8.92. The number of amides is 1. The third-order valence-corrected chi connectivity index (χ3v) is 4.50. The van der Waals surface area contributed by atoms with E-state index < -0.39 is 0 Å². The molecule has 0 saturated heterocycles. The van der Waals surface area contributed by atoms with Crippen molar-refractivity contribution < 1.29 is 4.79 Å². The SMILES string of the molecule is CCCCNC(=O)c1cc(-c2ccccc2Cl)nc2ccc(C)cc12. The molecule has 25 heavy (non-hydrogen) atoms. The highest BCUT2D eigenvalue weighted by Gasteiger charge is 2.15. The Balaban J connectivity index is 2.13. The van der Waals surface area contributed by atoms with Gasteiger partial charge in [-0.25, -0.2) is 4.98 Å². The Morgan fingerprint density at radius 2 is 1.96 bits per heavy atom. The largest absolute Gasteiger partial charge is 0.352 e. The lowest BCUT2D eigenvalue weighted by Crippen LogP contribution is -2.24. The number of carbonyl (C=O) groups is 1. The molecule has 0 atom stereocenters. The Labute approximate surface area is 153 Å². The fourth-order valence-electron chi connectivity index (χ4n) is 2.81. The second-order valence-electron chi connectivity index (χ2n) is 6.16. The fraction of sp³-hybridized carbons (Fsp3) is 0.238. The molecule has 3 rings (SSSR count). The minimum absolute atomic E-state index is 0.0697. The quantitative estimate of drug-likeness (QED) is 0.625. The number of pyridine rings is 1. The number of nitrogens with zero attached hydrogens (tertiary/aromatic N) is 1. The van der Waals surface area contributed by atoms with E-state index in [1.54, 1.807) is 0 Å². The van der Waals surface area contributed by atoms with E-state index in [1.165, 1.54) is 0 Å². The number of aryl methyl sites for hydroxylation is 1. The van der Waals surface area contributed by atoms with Crippen LogP contribution in [0.4, 0.5) is 0 Å². The number of benzene rings is 2. The molecule has 128 valence electrons. The highest BCUT2D eigenvalue weighted by atomic mass is 35.5. The molecule has 1 amide bonds. The smallest absolute Gasteiger partial charge is 0.252 e. The molecule has 3 nitrogen and oxygen atoms in total. The molecular formula is C21H21ClN2O. The molecule has 0 aliphatic rings. The van der Waals surface area contributed by atoms with Gasteiger partial charge in [0.1, 0.15) is 0 Å². The molecule has 0 radical (unpaired) electrons. The van der Waals surface area contributed by atoms with E-state index in [0.717, 1.165) is 34.9 Å². The molecule has 2 aromatic carbocycles. The third kappa shape index (κ3) is 3.83. The summed E-state index contributed by atoms with van der Waals surface area (Å²) in [6.07, 6.45) is 2.01. The number of rotatable bonds is 5. The summed E-state index contributed by atoms with van der Waals surface area (Å²) in [4.78, 5) is 17.5.